The van der Waals surface area contributed by atoms with Gasteiger partial charge in [0.15, 0.2) is 17.3 Å². The highest BCUT2D eigenvalue weighted by Crippen LogP contribution is 2.30. The highest BCUT2D eigenvalue weighted by Gasteiger charge is 2.10. The second-order valence-corrected chi connectivity index (χ2v) is 4.48. The maximum absolute atomic E-state index is 13.9. The number of ether oxygens (including phenoxy) is 2. The fourth-order valence-electron chi connectivity index (χ4n) is 1.92. The first kappa shape index (κ1) is 15.6. The summed E-state index contributed by atoms with van der Waals surface area (Å²) in [6.45, 7) is 0. The summed E-state index contributed by atoms with van der Waals surface area (Å²) in [4.78, 5) is 12.0. The topological polar surface area (TPSA) is 55.8 Å². The molecule has 22 heavy (non-hydrogen) atoms. The number of benzene rings is 2. The molecular weight excluding hydrogens is 287 g/mol. The molecule has 0 amide bonds. The molecule has 0 spiro atoms. The van der Waals surface area contributed by atoms with Crippen molar-refractivity contribution in [2.75, 3.05) is 14.2 Å². The molecule has 5 heteroatoms. The molecule has 0 bridgehead atoms. The van der Waals surface area contributed by atoms with Crippen molar-refractivity contribution >= 4 is 11.9 Å². The Kier molecular flexibility index (Phi) is 4.78. The van der Waals surface area contributed by atoms with Crippen LogP contribution in [0.5, 0.6) is 17.2 Å². The fraction of sp³-hybridized carbons (Fsp3) is 0.118. The maximum atomic E-state index is 13.9. The van der Waals surface area contributed by atoms with E-state index in [1.807, 2.05) is 0 Å². The summed E-state index contributed by atoms with van der Waals surface area (Å²) in [5.41, 5.74) is 0.517. The SMILES string of the molecule is COc1cc(F)c(/C=C/C(=O)c2cccc(O)c2)cc1OC. The third-order valence-corrected chi connectivity index (χ3v) is 3.05. The normalized spacial score (nSPS) is 10.7. The summed E-state index contributed by atoms with van der Waals surface area (Å²) in [6.07, 6.45) is 2.59. The van der Waals surface area contributed by atoms with Crippen molar-refractivity contribution < 1.29 is 23.8 Å². The number of ketones is 1. The molecule has 0 aliphatic rings. The zero-order valence-corrected chi connectivity index (χ0v) is 12.2. The van der Waals surface area contributed by atoms with E-state index in [1.165, 1.54) is 50.6 Å². The van der Waals surface area contributed by atoms with Crippen LogP contribution in [0, 0.1) is 5.82 Å². The molecule has 2 rings (SSSR count). The van der Waals surface area contributed by atoms with Crippen molar-refractivity contribution in [3.05, 3.63) is 59.4 Å². The van der Waals surface area contributed by atoms with Crippen molar-refractivity contribution in [3.63, 3.8) is 0 Å². The summed E-state index contributed by atoms with van der Waals surface area (Å²) in [5.74, 6) is -0.232. The van der Waals surface area contributed by atoms with E-state index in [0.717, 1.165) is 0 Å². The smallest absolute Gasteiger partial charge is 0.185 e. The minimum absolute atomic E-state index is 0.00320. The van der Waals surface area contributed by atoms with Gasteiger partial charge in [-0.25, -0.2) is 4.39 Å². The van der Waals surface area contributed by atoms with Gasteiger partial charge in [-0.05, 0) is 30.4 Å². The quantitative estimate of drug-likeness (QED) is 0.679. The second kappa shape index (κ2) is 6.76. The number of carbonyl (C=O) groups is 1. The Morgan fingerprint density at radius 1 is 1.14 bits per heavy atom. The first-order chi connectivity index (χ1) is 10.5. The Labute approximate surface area is 127 Å². The van der Waals surface area contributed by atoms with E-state index < -0.39 is 5.82 Å². The summed E-state index contributed by atoms with van der Waals surface area (Å²) in [6, 6.07) is 8.58. The molecule has 0 atom stereocenters. The van der Waals surface area contributed by atoms with Crippen LogP contribution in [-0.4, -0.2) is 25.1 Å². The number of aromatic hydroxyl groups is 1. The lowest BCUT2D eigenvalue weighted by Crippen LogP contribution is -1.95. The lowest BCUT2D eigenvalue weighted by atomic mass is 10.1. The van der Waals surface area contributed by atoms with Gasteiger partial charge in [-0.2, -0.15) is 0 Å². The van der Waals surface area contributed by atoms with Gasteiger partial charge in [0.1, 0.15) is 11.6 Å². The number of rotatable bonds is 5. The molecule has 0 aliphatic carbocycles. The molecule has 0 saturated heterocycles. The molecule has 2 aromatic rings. The van der Waals surface area contributed by atoms with Gasteiger partial charge in [0.2, 0.25) is 0 Å². The monoisotopic (exact) mass is 302 g/mol. The third-order valence-electron chi connectivity index (χ3n) is 3.05. The number of hydrogen-bond acceptors (Lipinski definition) is 4. The Morgan fingerprint density at radius 2 is 1.82 bits per heavy atom. The predicted octanol–water partition coefficient (Wildman–Crippen LogP) is 3.44. The van der Waals surface area contributed by atoms with Gasteiger partial charge in [-0.3, -0.25) is 4.79 Å². The number of halogens is 1. The van der Waals surface area contributed by atoms with Gasteiger partial charge in [-0.1, -0.05) is 12.1 Å². The van der Waals surface area contributed by atoms with E-state index >= 15 is 0 Å². The van der Waals surface area contributed by atoms with Crippen molar-refractivity contribution in [1.29, 1.82) is 0 Å². The molecule has 114 valence electrons. The summed E-state index contributed by atoms with van der Waals surface area (Å²) >= 11 is 0. The minimum atomic E-state index is -0.530. The number of methoxy groups -OCH3 is 2. The van der Waals surface area contributed by atoms with Crippen LogP contribution in [0.3, 0.4) is 0 Å². The highest BCUT2D eigenvalue weighted by atomic mass is 19.1. The molecule has 0 radical (unpaired) electrons. The van der Waals surface area contributed by atoms with Crippen LogP contribution in [0.15, 0.2) is 42.5 Å². The minimum Gasteiger partial charge on any atom is -0.508 e. The van der Waals surface area contributed by atoms with Crippen LogP contribution in [0.4, 0.5) is 4.39 Å². The molecule has 2 aromatic carbocycles. The first-order valence-corrected chi connectivity index (χ1v) is 6.48. The number of allylic oxidation sites excluding steroid dienone is 1. The Balaban J connectivity index is 2.28. The molecule has 1 N–H and O–H groups in total. The standard InChI is InChI=1S/C17H15FO4/c1-21-16-9-11(14(18)10-17(16)22-2)6-7-15(20)12-4-3-5-13(19)8-12/h3-10,19H,1-2H3/b7-6+. The van der Waals surface area contributed by atoms with Crippen LogP contribution >= 0.6 is 0 Å². The van der Waals surface area contributed by atoms with Gasteiger partial charge >= 0.3 is 0 Å². The summed E-state index contributed by atoms with van der Waals surface area (Å²) < 4.78 is 24.0. The van der Waals surface area contributed by atoms with Gasteiger partial charge in [0, 0.05) is 17.2 Å². The van der Waals surface area contributed by atoms with E-state index in [4.69, 9.17) is 9.47 Å². The van der Waals surface area contributed by atoms with Crippen molar-refractivity contribution in [2.45, 2.75) is 0 Å². The molecule has 0 heterocycles. The van der Waals surface area contributed by atoms with Gasteiger partial charge in [-0.15, -0.1) is 0 Å². The van der Waals surface area contributed by atoms with E-state index in [1.54, 1.807) is 12.1 Å². The van der Waals surface area contributed by atoms with Crippen molar-refractivity contribution in [2.24, 2.45) is 0 Å². The largest absolute Gasteiger partial charge is 0.508 e. The first-order valence-electron chi connectivity index (χ1n) is 6.48. The van der Waals surface area contributed by atoms with Gasteiger partial charge in [0.25, 0.3) is 0 Å². The highest BCUT2D eigenvalue weighted by molar-refractivity contribution is 6.07. The second-order valence-electron chi connectivity index (χ2n) is 4.48. The molecule has 0 saturated carbocycles. The van der Waals surface area contributed by atoms with Crippen LogP contribution < -0.4 is 9.47 Å². The zero-order chi connectivity index (χ0) is 16.1. The third kappa shape index (κ3) is 3.44. The Bertz CT molecular complexity index is 723. The molecule has 0 aliphatic heterocycles. The van der Waals surface area contributed by atoms with Crippen LogP contribution in [0.2, 0.25) is 0 Å². The summed E-state index contributed by atoms with van der Waals surface area (Å²) in [5, 5.41) is 9.35. The van der Waals surface area contributed by atoms with Gasteiger partial charge in [0.05, 0.1) is 14.2 Å². The molecule has 0 unspecified atom stereocenters. The van der Waals surface area contributed by atoms with E-state index in [2.05, 4.69) is 0 Å². The average Bonchev–Trinajstić information content (AvgIpc) is 2.53. The predicted molar refractivity (Wildman–Crippen MR) is 81.0 cm³/mol. The number of phenolic OH excluding ortho intramolecular Hbond substituents is 1. The van der Waals surface area contributed by atoms with Crippen LogP contribution in [-0.2, 0) is 0 Å². The number of hydrogen-bond donors (Lipinski definition) is 1. The fourth-order valence-corrected chi connectivity index (χ4v) is 1.92. The van der Waals surface area contributed by atoms with E-state index in [0.29, 0.717) is 11.3 Å². The van der Waals surface area contributed by atoms with E-state index in [9.17, 15) is 14.3 Å². The number of carbonyl (C=O) groups excluding carboxylic acids is 1. The maximum Gasteiger partial charge on any atom is 0.185 e. The summed E-state index contributed by atoms with van der Waals surface area (Å²) in [7, 11) is 2.86. The number of phenols is 1. The lowest BCUT2D eigenvalue weighted by molar-refractivity contribution is 0.104. The van der Waals surface area contributed by atoms with Crippen molar-refractivity contribution in [3.8, 4) is 17.2 Å². The van der Waals surface area contributed by atoms with Crippen molar-refractivity contribution in [1.82, 2.24) is 0 Å². The Morgan fingerprint density at radius 3 is 2.45 bits per heavy atom. The molecular formula is C17H15FO4. The Hall–Kier alpha value is -2.82. The van der Waals surface area contributed by atoms with Gasteiger partial charge < -0.3 is 14.6 Å². The molecule has 0 aromatic heterocycles. The van der Waals surface area contributed by atoms with Crippen LogP contribution in [0.25, 0.3) is 6.08 Å². The molecule has 4 nitrogen and oxygen atoms in total. The average molecular weight is 302 g/mol. The van der Waals surface area contributed by atoms with Crippen LogP contribution in [0.1, 0.15) is 15.9 Å². The van der Waals surface area contributed by atoms with E-state index in [-0.39, 0.29) is 22.8 Å². The zero-order valence-electron chi connectivity index (χ0n) is 12.2. The lowest BCUT2D eigenvalue weighted by Gasteiger charge is -2.08. The molecule has 0 fully saturated rings.